The van der Waals surface area contributed by atoms with Crippen molar-refractivity contribution in [1.82, 2.24) is 5.32 Å². The SMILES string of the molecule is CCCNC/C(C)=C/c1ccc(C)cc1Br. The van der Waals surface area contributed by atoms with Crippen LogP contribution in [-0.2, 0) is 0 Å². The molecule has 1 nitrogen and oxygen atoms in total. The van der Waals surface area contributed by atoms with Gasteiger partial charge >= 0.3 is 0 Å². The molecule has 0 spiro atoms. The Morgan fingerprint density at radius 1 is 1.44 bits per heavy atom. The van der Waals surface area contributed by atoms with Crippen molar-refractivity contribution in [2.45, 2.75) is 27.2 Å². The minimum absolute atomic E-state index is 0.966. The third kappa shape index (κ3) is 4.50. The molecule has 88 valence electrons. The Bertz CT molecular complexity index is 369. The van der Waals surface area contributed by atoms with Crippen molar-refractivity contribution in [3.63, 3.8) is 0 Å². The lowest BCUT2D eigenvalue weighted by Gasteiger charge is -2.05. The lowest BCUT2D eigenvalue weighted by molar-refractivity contribution is 0.715. The molecule has 0 aliphatic heterocycles. The quantitative estimate of drug-likeness (QED) is 0.800. The van der Waals surface area contributed by atoms with Crippen LogP contribution in [0.1, 0.15) is 31.4 Å². The molecule has 0 fully saturated rings. The van der Waals surface area contributed by atoms with Crippen LogP contribution in [0.4, 0.5) is 0 Å². The Labute approximate surface area is 107 Å². The normalized spacial score (nSPS) is 11.9. The zero-order chi connectivity index (χ0) is 12.0. The number of rotatable bonds is 5. The predicted molar refractivity (Wildman–Crippen MR) is 75.7 cm³/mol. The standard InChI is InChI=1S/C14H20BrN/c1-4-7-16-10-12(3)8-13-6-5-11(2)9-14(13)15/h5-6,8-9,16H,4,7,10H2,1-3H3/b12-8+. The van der Waals surface area contributed by atoms with Crippen molar-refractivity contribution >= 4 is 22.0 Å². The molecule has 1 aromatic rings. The Morgan fingerprint density at radius 2 is 2.19 bits per heavy atom. The molecule has 1 rings (SSSR count). The lowest BCUT2D eigenvalue weighted by atomic mass is 10.1. The summed E-state index contributed by atoms with van der Waals surface area (Å²) in [5.74, 6) is 0. The van der Waals surface area contributed by atoms with Crippen LogP contribution in [0.2, 0.25) is 0 Å². The van der Waals surface area contributed by atoms with E-state index in [1.54, 1.807) is 0 Å². The zero-order valence-corrected chi connectivity index (χ0v) is 11.9. The second-order valence-corrected chi connectivity index (χ2v) is 5.05. The first-order valence-electron chi connectivity index (χ1n) is 5.77. The number of hydrogen-bond donors (Lipinski definition) is 1. The van der Waals surface area contributed by atoms with Crippen LogP contribution in [0, 0.1) is 6.92 Å². The minimum atomic E-state index is 0.966. The molecular formula is C14H20BrN. The molecule has 0 saturated heterocycles. The average molecular weight is 282 g/mol. The molecule has 0 unspecified atom stereocenters. The maximum atomic E-state index is 3.59. The van der Waals surface area contributed by atoms with E-state index in [0.717, 1.165) is 13.1 Å². The van der Waals surface area contributed by atoms with E-state index >= 15 is 0 Å². The number of nitrogens with one attached hydrogen (secondary N) is 1. The fraction of sp³-hybridized carbons (Fsp3) is 0.429. The molecule has 0 aliphatic rings. The molecule has 1 N–H and O–H groups in total. The Balaban J connectivity index is 2.66. The van der Waals surface area contributed by atoms with Crippen molar-refractivity contribution in [1.29, 1.82) is 0 Å². The van der Waals surface area contributed by atoms with Gasteiger partial charge in [-0.25, -0.2) is 0 Å². The van der Waals surface area contributed by atoms with E-state index in [0.29, 0.717) is 0 Å². The van der Waals surface area contributed by atoms with Crippen molar-refractivity contribution in [2.75, 3.05) is 13.1 Å². The Kier molecular flexibility index (Phi) is 5.78. The van der Waals surface area contributed by atoms with Crippen LogP contribution in [0.25, 0.3) is 6.08 Å². The summed E-state index contributed by atoms with van der Waals surface area (Å²) in [6.07, 6.45) is 3.41. The first-order valence-corrected chi connectivity index (χ1v) is 6.57. The average Bonchev–Trinajstić information content (AvgIpc) is 2.23. The van der Waals surface area contributed by atoms with Crippen LogP contribution >= 0.6 is 15.9 Å². The molecule has 1 aromatic carbocycles. The third-order valence-corrected chi connectivity index (χ3v) is 3.08. The summed E-state index contributed by atoms with van der Waals surface area (Å²) in [5, 5.41) is 3.40. The van der Waals surface area contributed by atoms with E-state index in [9.17, 15) is 0 Å². The summed E-state index contributed by atoms with van der Waals surface area (Å²) in [6.45, 7) is 8.50. The highest BCUT2D eigenvalue weighted by Gasteiger charge is 1.97. The highest BCUT2D eigenvalue weighted by atomic mass is 79.9. The van der Waals surface area contributed by atoms with E-state index in [2.05, 4.69) is 66.3 Å². The van der Waals surface area contributed by atoms with Crippen LogP contribution in [0.15, 0.2) is 28.2 Å². The van der Waals surface area contributed by atoms with Gasteiger partial charge in [0.25, 0.3) is 0 Å². The Morgan fingerprint density at radius 3 is 2.81 bits per heavy atom. The highest BCUT2D eigenvalue weighted by Crippen LogP contribution is 2.20. The van der Waals surface area contributed by atoms with Gasteiger partial charge in [-0.15, -0.1) is 0 Å². The van der Waals surface area contributed by atoms with Crippen molar-refractivity contribution in [2.24, 2.45) is 0 Å². The van der Waals surface area contributed by atoms with Crippen molar-refractivity contribution in [3.05, 3.63) is 39.4 Å². The summed E-state index contributed by atoms with van der Waals surface area (Å²) in [6, 6.07) is 6.45. The van der Waals surface area contributed by atoms with E-state index in [-0.39, 0.29) is 0 Å². The molecular weight excluding hydrogens is 262 g/mol. The van der Waals surface area contributed by atoms with E-state index in [1.807, 2.05) is 0 Å². The predicted octanol–water partition coefficient (Wildman–Crippen LogP) is 4.16. The fourth-order valence-electron chi connectivity index (χ4n) is 1.53. The van der Waals surface area contributed by atoms with Gasteiger partial charge in [0.15, 0.2) is 0 Å². The van der Waals surface area contributed by atoms with Crippen LogP contribution in [-0.4, -0.2) is 13.1 Å². The van der Waals surface area contributed by atoms with Gasteiger partial charge in [0.2, 0.25) is 0 Å². The molecule has 0 heterocycles. The highest BCUT2D eigenvalue weighted by molar-refractivity contribution is 9.10. The minimum Gasteiger partial charge on any atom is -0.313 e. The summed E-state index contributed by atoms with van der Waals surface area (Å²) >= 11 is 3.59. The molecule has 0 atom stereocenters. The van der Waals surface area contributed by atoms with Crippen LogP contribution in [0.3, 0.4) is 0 Å². The van der Waals surface area contributed by atoms with Crippen LogP contribution in [0.5, 0.6) is 0 Å². The first-order chi connectivity index (χ1) is 7.63. The maximum Gasteiger partial charge on any atom is 0.0250 e. The molecule has 16 heavy (non-hydrogen) atoms. The number of halogens is 1. The molecule has 2 heteroatoms. The van der Waals surface area contributed by atoms with Gasteiger partial charge in [-0.2, -0.15) is 0 Å². The van der Waals surface area contributed by atoms with Crippen LogP contribution < -0.4 is 5.32 Å². The van der Waals surface area contributed by atoms with E-state index in [1.165, 1.54) is 27.6 Å². The second-order valence-electron chi connectivity index (χ2n) is 4.19. The number of benzene rings is 1. The first kappa shape index (κ1) is 13.5. The molecule has 0 radical (unpaired) electrons. The topological polar surface area (TPSA) is 12.0 Å². The third-order valence-electron chi connectivity index (χ3n) is 2.39. The zero-order valence-electron chi connectivity index (χ0n) is 10.3. The van der Waals surface area contributed by atoms with E-state index in [4.69, 9.17) is 0 Å². The largest absolute Gasteiger partial charge is 0.313 e. The van der Waals surface area contributed by atoms with Gasteiger partial charge < -0.3 is 5.32 Å². The van der Waals surface area contributed by atoms with Gasteiger partial charge in [-0.1, -0.05) is 46.6 Å². The second kappa shape index (κ2) is 6.87. The monoisotopic (exact) mass is 281 g/mol. The summed E-state index contributed by atoms with van der Waals surface area (Å²) in [5.41, 5.74) is 3.89. The molecule has 0 amide bonds. The van der Waals surface area contributed by atoms with Crippen molar-refractivity contribution < 1.29 is 0 Å². The Hall–Kier alpha value is -0.600. The molecule has 0 aromatic heterocycles. The fourth-order valence-corrected chi connectivity index (χ4v) is 2.14. The summed E-state index contributed by atoms with van der Waals surface area (Å²) < 4.78 is 1.17. The van der Waals surface area contributed by atoms with Gasteiger partial charge in [0.05, 0.1) is 0 Å². The van der Waals surface area contributed by atoms with Crippen molar-refractivity contribution in [3.8, 4) is 0 Å². The van der Waals surface area contributed by atoms with Gasteiger partial charge in [0.1, 0.15) is 0 Å². The maximum absolute atomic E-state index is 3.59. The molecule has 0 saturated carbocycles. The lowest BCUT2D eigenvalue weighted by Crippen LogP contribution is -2.16. The van der Waals surface area contributed by atoms with E-state index < -0.39 is 0 Å². The molecule has 0 aliphatic carbocycles. The van der Waals surface area contributed by atoms with Gasteiger partial charge in [-0.3, -0.25) is 0 Å². The smallest absolute Gasteiger partial charge is 0.0250 e. The van der Waals surface area contributed by atoms with Gasteiger partial charge in [0, 0.05) is 11.0 Å². The summed E-state index contributed by atoms with van der Waals surface area (Å²) in [4.78, 5) is 0. The number of hydrogen-bond acceptors (Lipinski definition) is 1. The summed E-state index contributed by atoms with van der Waals surface area (Å²) in [7, 11) is 0. The molecule has 0 bridgehead atoms. The van der Waals surface area contributed by atoms with Gasteiger partial charge in [-0.05, 0) is 44.0 Å². The number of aryl methyl sites for hydroxylation is 1.